The Morgan fingerprint density at radius 1 is 1.24 bits per heavy atom. The lowest BCUT2D eigenvalue weighted by molar-refractivity contribution is -0.119. The molecule has 0 aliphatic carbocycles. The highest BCUT2D eigenvalue weighted by molar-refractivity contribution is 7.11. The van der Waals surface area contributed by atoms with E-state index in [9.17, 15) is 4.79 Å². The van der Waals surface area contributed by atoms with E-state index in [1.165, 1.54) is 12.0 Å². The molecule has 21 heavy (non-hydrogen) atoms. The van der Waals surface area contributed by atoms with Gasteiger partial charge in [-0.05, 0) is 38.1 Å². The number of benzene rings is 1. The van der Waals surface area contributed by atoms with Crippen LogP contribution in [-0.2, 0) is 16.1 Å². The van der Waals surface area contributed by atoms with Gasteiger partial charge >= 0.3 is 0 Å². The van der Waals surface area contributed by atoms with E-state index in [1.807, 2.05) is 38.1 Å². The predicted octanol–water partition coefficient (Wildman–Crippen LogP) is 2.96. The molecule has 0 spiro atoms. The van der Waals surface area contributed by atoms with Gasteiger partial charge in [0.2, 0.25) is 5.91 Å². The van der Waals surface area contributed by atoms with Crippen molar-refractivity contribution in [1.82, 2.24) is 4.98 Å². The Hall–Kier alpha value is -1.92. The quantitative estimate of drug-likeness (QED) is 0.861. The first-order valence-electron chi connectivity index (χ1n) is 6.64. The standard InChI is InChI=1S/C15H19N3O2S/c1-10-14(21-11(2)17-10)8-16-12-4-6-13(7-5-12)18-15(19)9-20-3/h4-7,16H,8-9H2,1-3H3,(H,18,19). The van der Waals surface area contributed by atoms with Crippen LogP contribution in [0.3, 0.4) is 0 Å². The van der Waals surface area contributed by atoms with Gasteiger partial charge in [-0.1, -0.05) is 0 Å². The number of carbonyl (C=O) groups excluding carboxylic acids is 1. The number of methoxy groups -OCH3 is 1. The molecule has 6 heteroatoms. The number of rotatable bonds is 6. The number of amides is 1. The summed E-state index contributed by atoms with van der Waals surface area (Å²) in [5.41, 5.74) is 2.84. The van der Waals surface area contributed by atoms with Crippen molar-refractivity contribution < 1.29 is 9.53 Å². The van der Waals surface area contributed by atoms with Gasteiger partial charge in [0.1, 0.15) is 6.61 Å². The summed E-state index contributed by atoms with van der Waals surface area (Å²) < 4.78 is 4.77. The van der Waals surface area contributed by atoms with Crippen LogP contribution in [0.5, 0.6) is 0 Å². The molecule has 2 aromatic rings. The van der Waals surface area contributed by atoms with Crippen molar-refractivity contribution in [2.45, 2.75) is 20.4 Å². The second kappa shape index (κ2) is 7.19. The van der Waals surface area contributed by atoms with Gasteiger partial charge in [0, 0.05) is 23.4 Å². The number of aryl methyl sites for hydroxylation is 2. The molecular weight excluding hydrogens is 286 g/mol. The molecule has 0 saturated heterocycles. The molecule has 0 bridgehead atoms. The summed E-state index contributed by atoms with van der Waals surface area (Å²) in [5.74, 6) is -0.158. The number of thiazole rings is 1. The van der Waals surface area contributed by atoms with Gasteiger partial charge in [-0.2, -0.15) is 0 Å². The molecule has 0 radical (unpaired) electrons. The average molecular weight is 305 g/mol. The number of ether oxygens (including phenoxy) is 1. The third-order valence-electron chi connectivity index (χ3n) is 2.90. The maximum atomic E-state index is 11.4. The fourth-order valence-electron chi connectivity index (χ4n) is 1.92. The third kappa shape index (κ3) is 4.54. The summed E-state index contributed by atoms with van der Waals surface area (Å²) in [6, 6.07) is 7.60. The van der Waals surface area contributed by atoms with Gasteiger partial charge in [-0.3, -0.25) is 4.79 Å². The topological polar surface area (TPSA) is 63.2 Å². The second-order valence-corrected chi connectivity index (χ2v) is 5.94. The average Bonchev–Trinajstić information content (AvgIpc) is 2.76. The van der Waals surface area contributed by atoms with Gasteiger partial charge in [-0.15, -0.1) is 11.3 Å². The van der Waals surface area contributed by atoms with E-state index in [1.54, 1.807) is 11.3 Å². The Balaban J connectivity index is 1.90. The van der Waals surface area contributed by atoms with E-state index < -0.39 is 0 Å². The number of aromatic nitrogens is 1. The van der Waals surface area contributed by atoms with Crippen LogP contribution in [0.15, 0.2) is 24.3 Å². The zero-order valence-electron chi connectivity index (χ0n) is 12.4. The van der Waals surface area contributed by atoms with Crippen molar-refractivity contribution >= 4 is 28.6 Å². The number of hydrogen-bond acceptors (Lipinski definition) is 5. The molecule has 2 rings (SSSR count). The normalized spacial score (nSPS) is 10.4. The highest BCUT2D eigenvalue weighted by Crippen LogP contribution is 2.20. The molecule has 0 saturated carbocycles. The van der Waals surface area contributed by atoms with Crippen LogP contribution >= 0.6 is 11.3 Å². The van der Waals surface area contributed by atoms with Gasteiger partial charge < -0.3 is 15.4 Å². The number of nitrogens with zero attached hydrogens (tertiary/aromatic N) is 1. The van der Waals surface area contributed by atoms with Gasteiger partial charge in [0.25, 0.3) is 0 Å². The monoisotopic (exact) mass is 305 g/mol. The van der Waals surface area contributed by atoms with Crippen molar-refractivity contribution in [1.29, 1.82) is 0 Å². The Morgan fingerprint density at radius 2 is 1.90 bits per heavy atom. The van der Waals surface area contributed by atoms with Crippen LogP contribution in [0.4, 0.5) is 11.4 Å². The molecule has 5 nitrogen and oxygen atoms in total. The largest absolute Gasteiger partial charge is 0.380 e. The first kappa shape index (κ1) is 15.5. The summed E-state index contributed by atoms with van der Waals surface area (Å²) >= 11 is 1.71. The molecule has 1 aromatic carbocycles. The van der Waals surface area contributed by atoms with Crippen molar-refractivity contribution in [2.75, 3.05) is 24.4 Å². The lowest BCUT2D eigenvalue weighted by atomic mass is 10.2. The Kier molecular flexibility index (Phi) is 5.30. The first-order chi connectivity index (χ1) is 10.1. The molecular formula is C15H19N3O2S. The van der Waals surface area contributed by atoms with E-state index in [2.05, 4.69) is 15.6 Å². The van der Waals surface area contributed by atoms with Crippen LogP contribution in [0.2, 0.25) is 0 Å². The van der Waals surface area contributed by atoms with E-state index in [4.69, 9.17) is 4.74 Å². The summed E-state index contributed by atoms with van der Waals surface area (Å²) in [4.78, 5) is 17.0. The maximum absolute atomic E-state index is 11.4. The zero-order chi connectivity index (χ0) is 15.2. The van der Waals surface area contributed by atoms with Crippen molar-refractivity contribution in [2.24, 2.45) is 0 Å². The summed E-state index contributed by atoms with van der Waals surface area (Å²) in [6.07, 6.45) is 0. The van der Waals surface area contributed by atoms with Crippen molar-refractivity contribution in [3.05, 3.63) is 39.8 Å². The lowest BCUT2D eigenvalue weighted by Crippen LogP contribution is -2.16. The van der Waals surface area contributed by atoms with Crippen LogP contribution < -0.4 is 10.6 Å². The highest BCUT2D eigenvalue weighted by atomic mass is 32.1. The minimum Gasteiger partial charge on any atom is -0.380 e. The van der Waals surface area contributed by atoms with E-state index in [-0.39, 0.29) is 12.5 Å². The summed E-state index contributed by atoms with van der Waals surface area (Å²) in [7, 11) is 1.50. The molecule has 1 heterocycles. The Morgan fingerprint density at radius 3 is 2.48 bits per heavy atom. The molecule has 112 valence electrons. The number of anilines is 2. The highest BCUT2D eigenvalue weighted by Gasteiger charge is 2.05. The second-order valence-electron chi connectivity index (χ2n) is 4.65. The summed E-state index contributed by atoms with van der Waals surface area (Å²) in [5, 5.41) is 7.19. The Bertz CT molecular complexity index is 608. The minimum atomic E-state index is -0.158. The van der Waals surface area contributed by atoms with Gasteiger partial charge in [-0.25, -0.2) is 4.98 Å². The third-order valence-corrected chi connectivity index (χ3v) is 3.97. The molecule has 0 aliphatic rings. The molecule has 0 fully saturated rings. The van der Waals surface area contributed by atoms with Crippen LogP contribution in [0.25, 0.3) is 0 Å². The number of nitrogens with one attached hydrogen (secondary N) is 2. The first-order valence-corrected chi connectivity index (χ1v) is 7.46. The fraction of sp³-hybridized carbons (Fsp3) is 0.333. The molecule has 1 amide bonds. The molecule has 0 unspecified atom stereocenters. The smallest absolute Gasteiger partial charge is 0.250 e. The minimum absolute atomic E-state index is 0.0595. The predicted molar refractivity (Wildman–Crippen MR) is 85.9 cm³/mol. The van der Waals surface area contributed by atoms with E-state index in [0.717, 1.165) is 28.6 Å². The van der Waals surface area contributed by atoms with Crippen LogP contribution in [-0.4, -0.2) is 24.6 Å². The molecule has 0 aliphatic heterocycles. The number of hydrogen-bond donors (Lipinski definition) is 2. The van der Waals surface area contributed by atoms with E-state index >= 15 is 0 Å². The van der Waals surface area contributed by atoms with Crippen molar-refractivity contribution in [3.63, 3.8) is 0 Å². The van der Waals surface area contributed by atoms with Crippen LogP contribution in [0.1, 0.15) is 15.6 Å². The molecule has 2 N–H and O–H groups in total. The fourth-order valence-corrected chi connectivity index (χ4v) is 2.80. The molecule has 1 aromatic heterocycles. The Labute approximate surface area is 128 Å². The number of carbonyl (C=O) groups is 1. The lowest BCUT2D eigenvalue weighted by Gasteiger charge is -2.08. The maximum Gasteiger partial charge on any atom is 0.250 e. The van der Waals surface area contributed by atoms with Gasteiger partial charge in [0.15, 0.2) is 0 Å². The van der Waals surface area contributed by atoms with Crippen LogP contribution in [0, 0.1) is 13.8 Å². The summed E-state index contributed by atoms with van der Waals surface area (Å²) in [6.45, 7) is 4.85. The van der Waals surface area contributed by atoms with Gasteiger partial charge in [0.05, 0.1) is 17.2 Å². The zero-order valence-corrected chi connectivity index (χ0v) is 13.2. The van der Waals surface area contributed by atoms with E-state index in [0.29, 0.717) is 0 Å². The molecule has 0 atom stereocenters. The van der Waals surface area contributed by atoms with Crippen molar-refractivity contribution in [3.8, 4) is 0 Å². The SMILES string of the molecule is COCC(=O)Nc1ccc(NCc2sc(C)nc2C)cc1.